The summed E-state index contributed by atoms with van der Waals surface area (Å²) in [6.07, 6.45) is 0.381. The lowest BCUT2D eigenvalue weighted by atomic mass is 9.91. The summed E-state index contributed by atoms with van der Waals surface area (Å²) in [5, 5.41) is 4.47. The van der Waals surface area contributed by atoms with Gasteiger partial charge in [0.1, 0.15) is 5.69 Å². The highest BCUT2D eigenvalue weighted by molar-refractivity contribution is 7.81. The van der Waals surface area contributed by atoms with E-state index >= 15 is 0 Å². The van der Waals surface area contributed by atoms with Gasteiger partial charge in [-0.05, 0) is 59.2 Å². The molecule has 0 aliphatic heterocycles. The van der Waals surface area contributed by atoms with E-state index in [9.17, 15) is 13.6 Å². The molecule has 5 aromatic rings. The van der Waals surface area contributed by atoms with Gasteiger partial charge in [0.05, 0.1) is 23.0 Å². The maximum atomic E-state index is 13.7. The van der Waals surface area contributed by atoms with Crippen LogP contribution in [0.1, 0.15) is 38.7 Å². The van der Waals surface area contributed by atoms with E-state index in [1.807, 2.05) is 54.6 Å². The van der Waals surface area contributed by atoms with E-state index in [-0.39, 0.29) is 34.6 Å². The molecule has 7 nitrogen and oxygen atoms in total. The van der Waals surface area contributed by atoms with Crippen LogP contribution >= 0.6 is 46.5 Å². The van der Waals surface area contributed by atoms with Crippen LogP contribution in [0.3, 0.4) is 0 Å². The summed E-state index contributed by atoms with van der Waals surface area (Å²) in [5.74, 6) is -0.512. The molecule has 0 fully saturated rings. The van der Waals surface area contributed by atoms with Crippen LogP contribution in [0.4, 0.5) is 11.5 Å². The molecule has 5 rings (SSSR count). The van der Waals surface area contributed by atoms with Crippen LogP contribution in [0, 0.1) is 0 Å². The molecule has 0 saturated carbocycles. The molecule has 12 heteroatoms. The van der Waals surface area contributed by atoms with Gasteiger partial charge in [-0.1, -0.05) is 89.4 Å². The first-order valence-electron chi connectivity index (χ1n) is 12.7. The van der Waals surface area contributed by atoms with Crippen LogP contribution in [-0.4, -0.2) is 30.0 Å². The van der Waals surface area contributed by atoms with E-state index in [0.717, 1.165) is 32.7 Å². The van der Waals surface area contributed by atoms with Crippen molar-refractivity contribution in [2.45, 2.75) is 12.3 Å². The van der Waals surface area contributed by atoms with Gasteiger partial charge in [0, 0.05) is 34.0 Å². The second-order valence-corrected chi connectivity index (χ2v) is 11.9. The van der Waals surface area contributed by atoms with Crippen LogP contribution in [0.5, 0.6) is 0 Å². The van der Waals surface area contributed by atoms with Crippen molar-refractivity contribution in [3.63, 3.8) is 0 Å². The first-order chi connectivity index (χ1) is 20.3. The number of amides is 1. The molecule has 214 valence electrons. The number of nitrogens with one attached hydrogen (secondary N) is 1. The smallest absolute Gasteiger partial charge is 0.268 e. The third kappa shape index (κ3) is 7.18. The maximum Gasteiger partial charge on any atom is 0.268 e. The van der Waals surface area contributed by atoms with Gasteiger partial charge < -0.3 is 5.32 Å². The number of carbonyl (C=O) groups is 1. The summed E-state index contributed by atoms with van der Waals surface area (Å²) in [7, 11) is 0. The number of rotatable bonds is 10. The van der Waals surface area contributed by atoms with Crippen molar-refractivity contribution < 1.29 is 13.6 Å². The first kappa shape index (κ1) is 30.2. The number of hydrogen-bond donors (Lipinski definition) is 2. The fraction of sp³-hybridized carbons (Fsp3) is 0.100. The predicted molar refractivity (Wildman–Crippen MR) is 171 cm³/mol. The number of benzene rings is 4. The van der Waals surface area contributed by atoms with Crippen molar-refractivity contribution >= 4 is 75.2 Å². The largest absolute Gasteiger partial charge is 0.351 e. The van der Waals surface area contributed by atoms with E-state index in [4.69, 9.17) is 34.8 Å². The van der Waals surface area contributed by atoms with Crippen molar-refractivity contribution in [1.29, 1.82) is 0 Å². The zero-order valence-electron chi connectivity index (χ0n) is 21.8. The minimum Gasteiger partial charge on any atom is -0.351 e. The summed E-state index contributed by atoms with van der Waals surface area (Å²) in [6, 6.07) is 28.9. The Bertz CT molecular complexity index is 1660. The molecular formula is C30H23Cl3N4O3S2. The minimum absolute atomic E-state index is 0.123. The van der Waals surface area contributed by atoms with Gasteiger partial charge in [-0.25, -0.2) is 8.51 Å². The maximum absolute atomic E-state index is 13.7. The van der Waals surface area contributed by atoms with Crippen LogP contribution < -0.4 is 9.62 Å². The van der Waals surface area contributed by atoms with Crippen molar-refractivity contribution in [3.8, 4) is 0 Å². The van der Waals surface area contributed by atoms with Gasteiger partial charge in [-0.3, -0.25) is 9.35 Å². The summed E-state index contributed by atoms with van der Waals surface area (Å²) < 4.78 is 32.9. The number of carbonyl (C=O) groups excluding carboxylic acids is 1. The molecule has 1 atom stereocenters. The Morgan fingerprint density at radius 1 is 0.857 bits per heavy atom. The first-order valence-corrected chi connectivity index (χ1v) is 15.6. The molecule has 0 radical (unpaired) electrons. The second kappa shape index (κ2) is 13.8. The van der Waals surface area contributed by atoms with Crippen LogP contribution in [-0.2, 0) is 17.7 Å². The molecule has 1 heterocycles. The van der Waals surface area contributed by atoms with Gasteiger partial charge in [-0.15, -0.1) is 0 Å². The van der Waals surface area contributed by atoms with E-state index < -0.39 is 17.2 Å². The summed E-state index contributed by atoms with van der Waals surface area (Å²) in [4.78, 5) is 13.7. The van der Waals surface area contributed by atoms with E-state index in [1.54, 1.807) is 30.3 Å². The van der Waals surface area contributed by atoms with Crippen molar-refractivity contribution in [2.75, 3.05) is 10.8 Å². The Morgan fingerprint density at radius 2 is 1.45 bits per heavy atom. The fourth-order valence-electron chi connectivity index (χ4n) is 4.50. The third-order valence-corrected chi connectivity index (χ3v) is 8.51. The molecule has 1 aromatic heterocycles. The molecule has 4 aromatic carbocycles. The monoisotopic (exact) mass is 656 g/mol. The molecule has 0 aliphatic carbocycles. The number of hydrogen-bond acceptors (Lipinski definition) is 5. The van der Waals surface area contributed by atoms with Gasteiger partial charge in [0.25, 0.3) is 17.2 Å². The number of nitrogens with zero attached hydrogens (tertiary/aromatic N) is 3. The zero-order valence-corrected chi connectivity index (χ0v) is 25.7. The molecule has 0 spiro atoms. The van der Waals surface area contributed by atoms with Crippen LogP contribution in [0.15, 0.2) is 97.1 Å². The zero-order chi connectivity index (χ0) is 29.6. The highest BCUT2D eigenvalue weighted by Crippen LogP contribution is 2.35. The van der Waals surface area contributed by atoms with E-state index in [2.05, 4.69) is 14.1 Å². The number of anilines is 2. The van der Waals surface area contributed by atoms with Gasteiger partial charge in [0.2, 0.25) is 0 Å². The lowest BCUT2D eigenvalue weighted by Gasteiger charge is -2.23. The van der Waals surface area contributed by atoms with Crippen molar-refractivity contribution in [2.24, 2.45) is 0 Å². The molecule has 1 amide bonds. The molecular weight excluding hydrogens is 635 g/mol. The second-order valence-electron chi connectivity index (χ2n) is 9.25. The normalized spacial score (nSPS) is 11.8. The Labute approximate surface area is 264 Å². The Hall–Kier alpha value is -3.31. The highest BCUT2D eigenvalue weighted by Gasteiger charge is 2.28. The standard InChI is InChI=1S/C30H23Cl3N4O3S2/c31-22-10-6-20(7-11-22)26(21-8-12-23(32)13-9-21)18-34-30(38)25-15-14-24(33)17-28(25)37(42(39)40)29-27(35-41-36-29)16-19-4-2-1-3-5-19/h1-15,17,26H,16,18H2,(H,34,38)(H,39,40). The quantitative estimate of drug-likeness (QED) is 0.149. The number of halogens is 3. The highest BCUT2D eigenvalue weighted by atomic mass is 35.5. The Morgan fingerprint density at radius 3 is 2.05 bits per heavy atom. The van der Waals surface area contributed by atoms with E-state index in [1.165, 1.54) is 12.1 Å². The summed E-state index contributed by atoms with van der Waals surface area (Å²) in [5.41, 5.74) is 3.59. The summed E-state index contributed by atoms with van der Waals surface area (Å²) >= 11 is 16.9. The fourth-order valence-corrected chi connectivity index (χ4v) is 6.14. The molecule has 1 unspecified atom stereocenters. The lowest BCUT2D eigenvalue weighted by molar-refractivity contribution is 0.0953. The van der Waals surface area contributed by atoms with E-state index in [0.29, 0.717) is 22.2 Å². The van der Waals surface area contributed by atoms with Crippen LogP contribution in [0.25, 0.3) is 0 Å². The average molecular weight is 658 g/mol. The molecule has 0 saturated heterocycles. The molecule has 0 bridgehead atoms. The van der Waals surface area contributed by atoms with Crippen LogP contribution in [0.2, 0.25) is 15.1 Å². The van der Waals surface area contributed by atoms with Gasteiger partial charge in [-0.2, -0.15) is 8.75 Å². The van der Waals surface area contributed by atoms with Crippen molar-refractivity contribution in [1.82, 2.24) is 14.1 Å². The predicted octanol–water partition coefficient (Wildman–Crippen LogP) is 7.93. The van der Waals surface area contributed by atoms with Crippen molar-refractivity contribution in [3.05, 3.63) is 140 Å². The lowest BCUT2D eigenvalue weighted by Crippen LogP contribution is -2.31. The molecule has 2 N–H and O–H groups in total. The average Bonchev–Trinajstić information content (AvgIpc) is 3.42. The number of aromatic nitrogens is 2. The summed E-state index contributed by atoms with van der Waals surface area (Å²) in [6.45, 7) is 0.226. The minimum atomic E-state index is -2.59. The Balaban J connectivity index is 1.46. The Kier molecular flexibility index (Phi) is 9.89. The van der Waals surface area contributed by atoms with Gasteiger partial charge >= 0.3 is 0 Å². The van der Waals surface area contributed by atoms with Gasteiger partial charge in [0.15, 0.2) is 5.82 Å². The molecule has 42 heavy (non-hydrogen) atoms. The molecule has 0 aliphatic rings. The SMILES string of the molecule is O=C(NCC(c1ccc(Cl)cc1)c1ccc(Cl)cc1)c1ccc(Cl)cc1N(c1nsnc1Cc1ccccc1)S(=O)O. The topological polar surface area (TPSA) is 95.4 Å². The third-order valence-electron chi connectivity index (χ3n) is 6.53.